The van der Waals surface area contributed by atoms with Gasteiger partial charge >= 0.3 is 0 Å². The molecular formula is C16H15NO2. The summed E-state index contributed by atoms with van der Waals surface area (Å²) in [6.45, 7) is 3.61. The zero-order valence-electron chi connectivity index (χ0n) is 10.8. The number of benzene rings is 1. The van der Waals surface area contributed by atoms with Gasteiger partial charge in [0.25, 0.3) is 0 Å². The average molecular weight is 253 g/mol. The van der Waals surface area contributed by atoms with Gasteiger partial charge in [0.15, 0.2) is 5.76 Å². The quantitative estimate of drug-likeness (QED) is 0.515. The molecule has 0 aliphatic heterocycles. The summed E-state index contributed by atoms with van der Waals surface area (Å²) in [7, 11) is 1.46. The molecular weight excluding hydrogens is 238 g/mol. The minimum Gasteiger partial charge on any atom is -0.493 e. The zero-order chi connectivity index (χ0) is 13.4. The first-order valence-corrected chi connectivity index (χ1v) is 6.30. The molecule has 0 spiro atoms. The highest BCUT2D eigenvalue weighted by Crippen LogP contribution is 2.14. The van der Waals surface area contributed by atoms with Gasteiger partial charge in [-0.15, -0.1) is 0 Å². The maximum Gasteiger partial charge on any atom is 0.226 e. The summed E-state index contributed by atoms with van der Waals surface area (Å²) in [6, 6.07) is 5.65. The molecule has 0 fully saturated rings. The molecule has 1 N–H and O–H groups in total. The molecule has 1 aliphatic carbocycles. The van der Waals surface area contributed by atoms with E-state index in [9.17, 15) is 4.79 Å². The zero-order valence-corrected chi connectivity index (χ0v) is 10.8. The molecule has 3 heteroatoms. The minimum absolute atomic E-state index is 0.166. The standard InChI is InChI=1S/C16H15NO2/c1-10(19-2)16(18)11-7-8-15-13(9-11)12-5-3-4-6-14(12)17-15/h5-9,17H,1,3-4H2,2H3. The molecule has 1 heterocycles. The number of carbonyl (C=O) groups excluding carboxylic acids is 1. The molecule has 1 aromatic carbocycles. The van der Waals surface area contributed by atoms with Gasteiger partial charge in [0.05, 0.1) is 7.11 Å². The van der Waals surface area contributed by atoms with Crippen molar-refractivity contribution in [2.45, 2.75) is 12.8 Å². The van der Waals surface area contributed by atoms with Crippen molar-refractivity contribution in [3.8, 4) is 0 Å². The average Bonchev–Trinajstić information content (AvgIpc) is 2.83. The van der Waals surface area contributed by atoms with Gasteiger partial charge in [-0.3, -0.25) is 4.79 Å². The van der Waals surface area contributed by atoms with Gasteiger partial charge in [-0.2, -0.15) is 0 Å². The second-order valence-electron chi connectivity index (χ2n) is 4.65. The van der Waals surface area contributed by atoms with E-state index in [0.29, 0.717) is 5.56 Å². The first-order chi connectivity index (χ1) is 9.20. The fraction of sp³-hybridized carbons (Fsp3) is 0.188. The Bertz CT molecular complexity index is 796. The first kappa shape index (κ1) is 11.8. The highest BCUT2D eigenvalue weighted by atomic mass is 16.5. The topological polar surface area (TPSA) is 42.1 Å². The molecule has 96 valence electrons. The van der Waals surface area contributed by atoms with E-state index in [-0.39, 0.29) is 11.5 Å². The maximum atomic E-state index is 12.1. The number of hydrogen-bond donors (Lipinski definition) is 1. The lowest BCUT2D eigenvalue weighted by Gasteiger charge is -2.03. The number of H-pyrrole nitrogens is 1. The molecule has 3 nitrogen and oxygen atoms in total. The van der Waals surface area contributed by atoms with Crippen LogP contribution in [0.15, 0.2) is 30.5 Å². The molecule has 0 saturated heterocycles. The number of hydrogen-bond acceptors (Lipinski definition) is 2. The van der Waals surface area contributed by atoms with Gasteiger partial charge in [-0.25, -0.2) is 0 Å². The van der Waals surface area contributed by atoms with Crippen molar-refractivity contribution in [2.75, 3.05) is 7.11 Å². The molecule has 0 unspecified atom stereocenters. The molecule has 0 bridgehead atoms. The SMILES string of the molecule is C=C(OC)C(=O)c1ccc2[nH]c3c(c2c1)=CCCC=3. The third kappa shape index (κ3) is 1.87. The van der Waals surface area contributed by atoms with Gasteiger partial charge in [-0.1, -0.05) is 18.7 Å². The van der Waals surface area contributed by atoms with Crippen molar-refractivity contribution in [1.82, 2.24) is 4.98 Å². The van der Waals surface area contributed by atoms with Crippen LogP contribution in [-0.2, 0) is 4.74 Å². The second kappa shape index (κ2) is 4.43. The fourth-order valence-electron chi connectivity index (χ4n) is 2.46. The summed E-state index contributed by atoms with van der Waals surface area (Å²) in [4.78, 5) is 15.4. The van der Waals surface area contributed by atoms with Gasteiger partial charge in [0.1, 0.15) is 0 Å². The lowest BCUT2D eigenvalue weighted by molar-refractivity contribution is 0.0955. The van der Waals surface area contributed by atoms with Crippen molar-refractivity contribution in [3.63, 3.8) is 0 Å². The number of nitrogens with one attached hydrogen (secondary N) is 1. The fourth-order valence-corrected chi connectivity index (χ4v) is 2.46. The smallest absolute Gasteiger partial charge is 0.226 e. The Morgan fingerprint density at radius 1 is 1.32 bits per heavy atom. The summed E-state index contributed by atoms with van der Waals surface area (Å²) >= 11 is 0. The molecule has 1 aromatic heterocycles. The monoisotopic (exact) mass is 253 g/mol. The normalized spacial score (nSPS) is 13.3. The van der Waals surface area contributed by atoms with Crippen LogP contribution in [0.1, 0.15) is 23.2 Å². The predicted molar refractivity (Wildman–Crippen MR) is 76.2 cm³/mol. The molecule has 1 aliphatic rings. The Hall–Kier alpha value is -2.29. The van der Waals surface area contributed by atoms with E-state index in [1.165, 1.54) is 12.3 Å². The van der Waals surface area contributed by atoms with Crippen molar-refractivity contribution >= 4 is 28.8 Å². The summed E-state index contributed by atoms with van der Waals surface area (Å²) < 4.78 is 4.91. The number of aromatic nitrogens is 1. The van der Waals surface area contributed by atoms with Crippen LogP contribution in [0.2, 0.25) is 0 Å². The summed E-state index contributed by atoms with van der Waals surface area (Å²) in [5, 5.41) is 3.43. The summed E-state index contributed by atoms with van der Waals surface area (Å²) in [5.74, 6) is -0.00145. The number of aromatic amines is 1. The van der Waals surface area contributed by atoms with Crippen molar-refractivity contribution in [2.24, 2.45) is 0 Å². The molecule has 0 atom stereocenters. The molecule has 19 heavy (non-hydrogen) atoms. The van der Waals surface area contributed by atoms with Crippen LogP contribution < -0.4 is 10.6 Å². The second-order valence-corrected chi connectivity index (χ2v) is 4.65. The van der Waals surface area contributed by atoms with Crippen LogP contribution in [-0.4, -0.2) is 17.9 Å². The molecule has 0 radical (unpaired) electrons. The van der Waals surface area contributed by atoms with Gasteiger partial charge in [-0.05, 0) is 31.0 Å². The number of fused-ring (bicyclic) bond motifs is 3. The minimum atomic E-state index is -0.167. The van der Waals surface area contributed by atoms with Crippen molar-refractivity contribution < 1.29 is 9.53 Å². The third-order valence-electron chi connectivity index (χ3n) is 3.49. The number of rotatable bonds is 3. The lowest BCUT2D eigenvalue weighted by atomic mass is 10.1. The van der Waals surface area contributed by atoms with Crippen molar-refractivity contribution in [1.29, 1.82) is 0 Å². The molecule has 0 amide bonds. The van der Waals surface area contributed by atoms with Crippen LogP contribution in [0.4, 0.5) is 0 Å². The Balaban J connectivity index is 2.22. The first-order valence-electron chi connectivity index (χ1n) is 6.30. The van der Waals surface area contributed by atoms with Crippen LogP contribution in [0.25, 0.3) is 23.1 Å². The van der Waals surface area contributed by atoms with Gasteiger partial charge < -0.3 is 9.72 Å². The van der Waals surface area contributed by atoms with Crippen LogP contribution in [0, 0.1) is 0 Å². The highest BCUT2D eigenvalue weighted by molar-refractivity contribution is 6.08. The van der Waals surface area contributed by atoms with Crippen LogP contribution in [0.5, 0.6) is 0 Å². The van der Waals surface area contributed by atoms with E-state index in [4.69, 9.17) is 4.74 Å². The van der Waals surface area contributed by atoms with E-state index in [0.717, 1.165) is 29.1 Å². The Morgan fingerprint density at radius 2 is 2.11 bits per heavy atom. The van der Waals surface area contributed by atoms with E-state index in [1.54, 1.807) is 6.07 Å². The predicted octanol–water partition coefficient (Wildman–Crippen LogP) is 1.87. The van der Waals surface area contributed by atoms with Crippen molar-refractivity contribution in [3.05, 3.63) is 46.7 Å². The summed E-state index contributed by atoms with van der Waals surface area (Å²) in [5.41, 5.74) is 1.67. The number of ether oxygens (including phenoxy) is 1. The third-order valence-corrected chi connectivity index (χ3v) is 3.49. The molecule has 2 aromatic rings. The van der Waals surface area contributed by atoms with E-state index >= 15 is 0 Å². The van der Waals surface area contributed by atoms with Crippen LogP contribution >= 0.6 is 0 Å². The summed E-state index contributed by atoms with van der Waals surface area (Å²) in [6.07, 6.45) is 6.52. The van der Waals surface area contributed by atoms with Gasteiger partial charge in [0, 0.05) is 27.0 Å². The number of Topliss-reactive ketones (excluding diaryl/α,β-unsaturated/α-hetero) is 1. The Morgan fingerprint density at radius 3 is 2.89 bits per heavy atom. The van der Waals surface area contributed by atoms with E-state index in [1.807, 2.05) is 12.1 Å². The molecule has 3 rings (SSSR count). The lowest BCUT2D eigenvalue weighted by Crippen LogP contribution is -2.24. The molecule has 0 saturated carbocycles. The number of ketones is 1. The Kier molecular flexibility index (Phi) is 2.75. The number of allylic oxidation sites excluding steroid dienone is 1. The maximum absolute atomic E-state index is 12.1. The van der Waals surface area contributed by atoms with E-state index < -0.39 is 0 Å². The highest BCUT2D eigenvalue weighted by Gasteiger charge is 2.12. The van der Waals surface area contributed by atoms with Gasteiger partial charge in [0.2, 0.25) is 5.78 Å². The van der Waals surface area contributed by atoms with Crippen LogP contribution in [0.3, 0.4) is 0 Å². The number of carbonyl (C=O) groups is 1. The van der Waals surface area contributed by atoms with E-state index in [2.05, 4.69) is 23.7 Å². The largest absolute Gasteiger partial charge is 0.493 e. The number of methoxy groups -OCH3 is 1. The Labute approximate surface area is 110 Å².